The summed E-state index contributed by atoms with van der Waals surface area (Å²) in [6.45, 7) is 0.119. The number of benzene rings is 1. The molecule has 1 N–H and O–H groups in total. The van der Waals surface area contributed by atoms with Gasteiger partial charge in [0.05, 0.1) is 29.3 Å². The monoisotopic (exact) mass is 437 g/mol. The van der Waals surface area contributed by atoms with Crippen molar-refractivity contribution >= 4 is 21.1 Å². The molecule has 0 saturated carbocycles. The Hall–Kier alpha value is -3.62. The average molecular weight is 437 g/mol. The fourth-order valence-corrected chi connectivity index (χ4v) is 5.48. The van der Waals surface area contributed by atoms with E-state index in [1.54, 1.807) is 23.3 Å². The van der Waals surface area contributed by atoms with Gasteiger partial charge in [-0.15, -0.1) is 0 Å². The predicted octanol–water partition coefficient (Wildman–Crippen LogP) is 2.27. The number of nitrogens with one attached hydrogen (secondary N) is 1. The fraction of sp³-hybridized carbons (Fsp3) is 0.200. The van der Waals surface area contributed by atoms with E-state index in [0.29, 0.717) is 11.3 Å². The van der Waals surface area contributed by atoms with Gasteiger partial charge >= 0.3 is 0 Å². The van der Waals surface area contributed by atoms with E-state index in [4.69, 9.17) is 0 Å². The molecule has 0 spiro atoms. The molecule has 0 unspecified atom stereocenters. The van der Waals surface area contributed by atoms with E-state index in [2.05, 4.69) is 26.1 Å². The van der Waals surface area contributed by atoms with Crippen molar-refractivity contribution in [3.05, 3.63) is 61.1 Å². The molecule has 0 aliphatic carbocycles. The van der Waals surface area contributed by atoms with Gasteiger partial charge in [-0.25, -0.2) is 22.8 Å². The van der Waals surface area contributed by atoms with Gasteiger partial charge in [-0.1, -0.05) is 6.07 Å². The summed E-state index contributed by atoms with van der Waals surface area (Å²) in [7, 11) is -3.87. The maximum atomic E-state index is 13.5. The van der Waals surface area contributed by atoms with E-state index in [9.17, 15) is 18.1 Å². The summed E-state index contributed by atoms with van der Waals surface area (Å²) in [5.41, 5.74) is 1.31. The molecule has 4 heterocycles. The first-order valence-corrected chi connectivity index (χ1v) is 10.8. The average Bonchev–Trinajstić information content (AvgIpc) is 3.40. The third-order valence-electron chi connectivity index (χ3n) is 5.48. The van der Waals surface area contributed by atoms with Crippen LogP contribution < -0.4 is 0 Å². The molecule has 1 aromatic carbocycles. The van der Waals surface area contributed by atoms with Crippen LogP contribution in [0.1, 0.15) is 6.42 Å². The van der Waals surface area contributed by atoms with Gasteiger partial charge in [0.25, 0.3) is 0 Å². The van der Waals surface area contributed by atoms with Crippen LogP contribution in [0.15, 0.2) is 60.1 Å². The summed E-state index contributed by atoms with van der Waals surface area (Å²) in [6, 6.07) is 8.88. The van der Waals surface area contributed by atoms with Crippen molar-refractivity contribution in [1.82, 2.24) is 29.0 Å². The summed E-state index contributed by atoms with van der Waals surface area (Å²) >= 11 is 0. The number of aromatic amines is 1. The molecular formula is C20H16FN7O2S. The lowest BCUT2D eigenvalue weighted by Crippen LogP contribution is -2.64. The maximum absolute atomic E-state index is 13.5. The number of halogens is 1. The van der Waals surface area contributed by atoms with Gasteiger partial charge in [0.1, 0.15) is 23.3 Å². The lowest BCUT2D eigenvalue weighted by atomic mass is 9.89. The minimum absolute atomic E-state index is 0.0594. The van der Waals surface area contributed by atoms with Crippen molar-refractivity contribution in [2.75, 3.05) is 13.1 Å². The first-order valence-electron chi connectivity index (χ1n) is 9.39. The number of hydrogen-bond donors (Lipinski definition) is 1. The standard InChI is InChI=1S/C20H16FN7O2S/c21-15-2-1-3-16(8-15)31(29,30)27-11-20(12-27,5-6-22)28-10-14(9-26-28)18-17-4-7-23-19(17)25-13-24-18/h1-4,7-10,13H,5,11-12H2,(H,23,24,25). The van der Waals surface area contributed by atoms with Crippen LogP contribution in [0.25, 0.3) is 22.3 Å². The maximum Gasteiger partial charge on any atom is 0.243 e. The molecule has 1 fully saturated rings. The van der Waals surface area contributed by atoms with E-state index in [-0.39, 0.29) is 24.4 Å². The Labute approximate surface area is 176 Å². The molecule has 5 rings (SSSR count). The fourth-order valence-electron chi connectivity index (χ4n) is 3.85. The van der Waals surface area contributed by atoms with Gasteiger partial charge in [-0.05, 0) is 24.3 Å². The zero-order chi connectivity index (χ0) is 21.6. The van der Waals surface area contributed by atoms with Crippen LogP contribution >= 0.6 is 0 Å². The van der Waals surface area contributed by atoms with Crippen molar-refractivity contribution < 1.29 is 12.8 Å². The van der Waals surface area contributed by atoms with Gasteiger partial charge in [0.2, 0.25) is 10.0 Å². The molecule has 1 saturated heterocycles. The predicted molar refractivity (Wildman–Crippen MR) is 108 cm³/mol. The highest BCUT2D eigenvalue weighted by Crippen LogP contribution is 2.37. The molecule has 1 aliphatic rings. The van der Waals surface area contributed by atoms with Crippen molar-refractivity contribution in [3.63, 3.8) is 0 Å². The second-order valence-corrected chi connectivity index (χ2v) is 9.36. The lowest BCUT2D eigenvalue weighted by molar-refractivity contribution is 0.0717. The van der Waals surface area contributed by atoms with Gasteiger partial charge in [0, 0.05) is 36.4 Å². The minimum Gasteiger partial charge on any atom is -0.346 e. The van der Waals surface area contributed by atoms with Crippen molar-refractivity contribution in [1.29, 1.82) is 5.26 Å². The number of hydrogen-bond acceptors (Lipinski definition) is 6. The summed E-state index contributed by atoms with van der Waals surface area (Å²) in [4.78, 5) is 11.4. The van der Waals surface area contributed by atoms with Crippen LogP contribution in [-0.4, -0.2) is 50.5 Å². The minimum atomic E-state index is -3.87. The Morgan fingerprint density at radius 1 is 1.26 bits per heavy atom. The van der Waals surface area contributed by atoms with E-state index < -0.39 is 21.4 Å². The normalized spacial score (nSPS) is 16.1. The van der Waals surface area contributed by atoms with Crippen LogP contribution in [-0.2, 0) is 15.6 Å². The van der Waals surface area contributed by atoms with Crippen LogP contribution in [0, 0.1) is 17.1 Å². The van der Waals surface area contributed by atoms with Crippen molar-refractivity contribution in [3.8, 4) is 17.3 Å². The Balaban J connectivity index is 1.46. The number of nitrogens with zero attached hydrogens (tertiary/aromatic N) is 6. The van der Waals surface area contributed by atoms with Crippen LogP contribution in [0.5, 0.6) is 0 Å². The molecule has 156 valence electrons. The second kappa shape index (κ2) is 6.97. The molecule has 9 nitrogen and oxygen atoms in total. The number of H-pyrrole nitrogens is 1. The highest BCUT2D eigenvalue weighted by Gasteiger charge is 2.50. The SMILES string of the molecule is N#CCC1(n2cc(-c3ncnc4[nH]ccc34)cn2)CN(S(=O)(=O)c2cccc(F)c2)C1. The zero-order valence-electron chi connectivity index (χ0n) is 16.1. The molecule has 0 atom stereocenters. The first kappa shape index (κ1) is 19.3. The molecule has 11 heteroatoms. The van der Waals surface area contributed by atoms with E-state index in [0.717, 1.165) is 17.0 Å². The smallest absolute Gasteiger partial charge is 0.243 e. The third-order valence-corrected chi connectivity index (χ3v) is 7.27. The van der Waals surface area contributed by atoms with Crippen molar-refractivity contribution in [2.45, 2.75) is 16.9 Å². The second-order valence-electron chi connectivity index (χ2n) is 7.43. The van der Waals surface area contributed by atoms with Gasteiger partial charge in [0.15, 0.2) is 0 Å². The molecular weight excluding hydrogens is 421 g/mol. The molecule has 4 aromatic rings. The summed E-state index contributed by atoms with van der Waals surface area (Å²) in [5.74, 6) is -0.623. The molecule has 3 aromatic heterocycles. The summed E-state index contributed by atoms with van der Waals surface area (Å²) in [6.07, 6.45) is 6.70. The number of fused-ring (bicyclic) bond motifs is 1. The Morgan fingerprint density at radius 3 is 2.87 bits per heavy atom. The summed E-state index contributed by atoms with van der Waals surface area (Å²) < 4.78 is 42.1. The van der Waals surface area contributed by atoms with Gasteiger partial charge < -0.3 is 4.98 Å². The number of rotatable bonds is 5. The van der Waals surface area contributed by atoms with Crippen LogP contribution in [0.4, 0.5) is 4.39 Å². The third kappa shape index (κ3) is 3.08. The quantitative estimate of drug-likeness (QED) is 0.511. The lowest BCUT2D eigenvalue weighted by Gasteiger charge is -2.47. The van der Waals surface area contributed by atoms with E-state index in [1.807, 2.05) is 6.07 Å². The topological polar surface area (TPSA) is 121 Å². The summed E-state index contributed by atoms with van der Waals surface area (Å²) in [5, 5.41) is 14.6. The van der Waals surface area contributed by atoms with E-state index >= 15 is 0 Å². The first-order chi connectivity index (χ1) is 14.9. The Morgan fingerprint density at radius 2 is 2.10 bits per heavy atom. The van der Waals surface area contributed by atoms with Crippen LogP contribution in [0.2, 0.25) is 0 Å². The molecule has 31 heavy (non-hydrogen) atoms. The highest BCUT2D eigenvalue weighted by atomic mass is 32.2. The number of sulfonamides is 1. The Bertz CT molecular complexity index is 1430. The van der Waals surface area contributed by atoms with Crippen LogP contribution in [0.3, 0.4) is 0 Å². The van der Waals surface area contributed by atoms with E-state index in [1.165, 1.54) is 28.8 Å². The highest BCUT2D eigenvalue weighted by molar-refractivity contribution is 7.89. The number of nitriles is 1. The molecule has 0 amide bonds. The van der Waals surface area contributed by atoms with Gasteiger partial charge in [-0.2, -0.15) is 14.7 Å². The zero-order valence-corrected chi connectivity index (χ0v) is 16.9. The van der Waals surface area contributed by atoms with Gasteiger partial charge in [-0.3, -0.25) is 4.68 Å². The largest absolute Gasteiger partial charge is 0.346 e. The molecule has 0 radical (unpaired) electrons. The van der Waals surface area contributed by atoms with Crippen molar-refractivity contribution in [2.24, 2.45) is 0 Å². The Kier molecular flexibility index (Phi) is 4.35. The molecule has 1 aliphatic heterocycles. The number of aromatic nitrogens is 5. The molecule has 0 bridgehead atoms.